The maximum Gasteiger partial charge on any atom is 0.264 e. The van der Waals surface area contributed by atoms with Crippen molar-refractivity contribution in [2.45, 2.75) is 75.9 Å². The van der Waals surface area contributed by atoms with Crippen LogP contribution in [0.1, 0.15) is 57.1 Å². The monoisotopic (exact) mass is 629 g/mol. The minimum Gasteiger partial charge on any atom is -0.352 e. The average Bonchev–Trinajstić information content (AvgIpc) is 3.50. The number of carbonyl (C=O) groups is 2. The Morgan fingerprint density at radius 3 is 2.21 bits per heavy atom. The first-order chi connectivity index (χ1) is 20.1. The second-order valence-electron chi connectivity index (χ2n) is 10.5. The Morgan fingerprint density at radius 1 is 0.952 bits per heavy atom. The van der Waals surface area contributed by atoms with Gasteiger partial charge in [0, 0.05) is 22.6 Å². The van der Waals surface area contributed by atoms with Crippen molar-refractivity contribution in [2.24, 2.45) is 0 Å². The number of sulfonamides is 1. The van der Waals surface area contributed by atoms with Crippen molar-refractivity contribution in [2.75, 3.05) is 10.8 Å². The first-order valence-corrected chi connectivity index (χ1v) is 16.5. The number of halogens is 2. The Morgan fingerprint density at radius 2 is 1.62 bits per heavy atom. The van der Waals surface area contributed by atoms with Crippen LogP contribution in [0.2, 0.25) is 10.0 Å². The van der Waals surface area contributed by atoms with Crippen LogP contribution in [0.5, 0.6) is 0 Å². The van der Waals surface area contributed by atoms with E-state index in [9.17, 15) is 18.0 Å². The first kappa shape index (κ1) is 31.9. The molecule has 0 aromatic heterocycles. The highest BCUT2D eigenvalue weighted by molar-refractivity contribution is 7.92. The predicted octanol–water partition coefficient (Wildman–Crippen LogP) is 6.62. The quantitative estimate of drug-likeness (QED) is 0.244. The first-order valence-electron chi connectivity index (χ1n) is 14.3. The maximum atomic E-state index is 14.2. The van der Waals surface area contributed by atoms with Crippen LogP contribution < -0.4 is 9.62 Å². The van der Waals surface area contributed by atoms with Crippen molar-refractivity contribution in [3.8, 4) is 0 Å². The van der Waals surface area contributed by atoms with E-state index in [0.717, 1.165) is 42.0 Å². The number of aryl methyl sites for hydroxylation is 1. The molecule has 1 aliphatic rings. The topological polar surface area (TPSA) is 86.8 Å². The minimum absolute atomic E-state index is 0.0133. The summed E-state index contributed by atoms with van der Waals surface area (Å²) in [7, 11) is -4.12. The summed E-state index contributed by atoms with van der Waals surface area (Å²) in [6.07, 6.45) is 5.02. The third-order valence-corrected chi connectivity index (χ3v) is 10.1. The molecule has 1 atom stereocenters. The number of benzene rings is 3. The molecule has 4 rings (SSSR count). The Balaban J connectivity index is 1.72. The summed E-state index contributed by atoms with van der Waals surface area (Å²) < 4.78 is 29.0. The summed E-state index contributed by atoms with van der Waals surface area (Å²) in [5.74, 6) is -0.777. The molecule has 224 valence electrons. The van der Waals surface area contributed by atoms with Gasteiger partial charge in [0.25, 0.3) is 10.0 Å². The summed E-state index contributed by atoms with van der Waals surface area (Å²) >= 11 is 12.6. The zero-order valence-electron chi connectivity index (χ0n) is 23.9. The number of nitrogens with zero attached hydrogens (tertiary/aromatic N) is 2. The highest BCUT2D eigenvalue weighted by atomic mass is 35.5. The number of hydrogen-bond acceptors (Lipinski definition) is 4. The number of amides is 2. The van der Waals surface area contributed by atoms with Gasteiger partial charge >= 0.3 is 0 Å². The second-order valence-corrected chi connectivity index (χ2v) is 13.2. The SMILES string of the molecule is CCc1ccc(N(CC(=O)N(Cc2ccc(Cl)cc2Cl)C(CC)C(=O)NC2CCCC2)S(=O)(=O)c2ccccc2)cc1. The van der Waals surface area contributed by atoms with Crippen LogP contribution in [-0.2, 0) is 32.6 Å². The fourth-order valence-electron chi connectivity index (χ4n) is 5.27. The molecule has 3 aromatic carbocycles. The van der Waals surface area contributed by atoms with Gasteiger partial charge in [0.1, 0.15) is 12.6 Å². The Bertz CT molecular complexity index is 1480. The molecule has 7 nitrogen and oxygen atoms in total. The normalized spacial score (nSPS) is 14.4. The third kappa shape index (κ3) is 7.65. The fourth-order valence-corrected chi connectivity index (χ4v) is 7.17. The largest absolute Gasteiger partial charge is 0.352 e. The maximum absolute atomic E-state index is 14.2. The van der Waals surface area contributed by atoms with Crippen LogP contribution >= 0.6 is 23.2 Å². The highest BCUT2D eigenvalue weighted by Crippen LogP contribution is 2.27. The number of rotatable bonds is 12. The lowest BCUT2D eigenvalue weighted by molar-refractivity contribution is -0.140. The molecule has 0 spiro atoms. The molecule has 1 aliphatic carbocycles. The van der Waals surface area contributed by atoms with Crippen LogP contribution in [0.4, 0.5) is 5.69 Å². The van der Waals surface area contributed by atoms with Gasteiger partial charge in [-0.1, -0.05) is 86.3 Å². The molecule has 0 saturated heterocycles. The molecule has 1 saturated carbocycles. The van der Waals surface area contributed by atoms with Gasteiger partial charge < -0.3 is 10.2 Å². The molecule has 42 heavy (non-hydrogen) atoms. The molecule has 3 aromatic rings. The number of hydrogen-bond donors (Lipinski definition) is 1. The molecule has 10 heteroatoms. The van der Waals surface area contributed by atoms with Gasteiger partial charge in [-0.25, -0.2) is 8.42 Å². The molecule has 2 amide bonds. The second kappa shape index (κ2) is 14.4. The van der Waals surface area contributed by atoms with E-state index in [2.05, 4.69) is 5.32 Å². The summed E-state index contributed by atoms with van der Waals surface area (Å²) in [4.78, 5) is 29.3. The van der Waals surface area contributed by atoms with Crippen molar-refractivity contribution in [3.05, 3.63) is 94.0 Å². The van der Waals surface area contributed by atoms with E-state index in [1.165, 1.54) is 17.0 Å². The van der Waals surface area contributed by atoms with E-state index in [0.29, 0.717) is 27.7 Å². The Labute approximate surface area is 258 Å². The van der Waals surface area contributed by atoms with E-state index in [1.807, 2.05) is 26.0 Å². The van der Waals surface area contributed by atoms with Crippen LogP contribution in [0.3, 0.4) is 0 Å². The molecule has 0 aliphatic heterocycles. The molecule has 0 heterocycles. The van der Waals surface area contributed by atoms with Crippen molar-refractivity contribution in [1.29, 1.82) is 0 Å². The summed E-state index contributed by atoms with van der Waals surface area (Å²) in [5, 5.41) is 3.91. The summed E-state index contributed by atoms with van der Waals surface area (Å²) in [6, 6.07) is 19.3. The zero-order chi connectivity index (χ0) is 30.3. The van der Waals surface area contributed by atoms with Gasteiger partial charge in [0.05, 0.1) is 10.6 Å². The van der Waals surface area contributed by atoms with Gasteiger partial charge in [-0.2, -0.15) is 0 Å². The lowest BCUT2D eigenvalue weighted by atomic mass is 10.1. The van der Waals surface area contributed by atoms with Crippen molar-refractivity contribution in [1.82, 2.24) is 10.2 Å². The van der Waals surface area contributed by atoms with Crippen molar-refractivity contribution < 1.29 is 18.0 Å². The van der Waals surface area contributed by atoms with E-state index in [-0.39, 0.29) is 23.4 Å². The summed E-state index contributed by atoms with van der Waals surface area (Å²) in [6.45, 7) is 3.36. The van der Waals surface area contributed by atoms with Gasteiger partial charge in [-0.3, -0.25) is 13.9 Å². The molecule has 0 radical (unpaired) electrons. The molecule has 0 bridgehead atoms. The van der Waals surface area contributed by atoms with Crippen molar-refractivity contribution >= 4 is 50.7 Å². The predicted molar refractivity (Wildman–Crippen MR) is 168 cm³/mol. The van der Waals surface area contributed by atoms with E-state index >= 15 is 0 Å². The highest BCUT2D eigenvalue weighted by Gasteiger charge is 2.34. The van der Waals surface area contributed by atoms with E-state index in [1.54, 1.807) is 48.5 Å². The Hall–Kier alpha value is -3.07. The van der Waals surface area contributed by atoms with Crippen LogP contribution in [0.25, 0.3) is 0 Å². The Kier molecular flexibility index (Phi) is 10.9. The number of carbonyl (C=O) groups excluding carboxylic acids is 2. The van der Waals surface area contributed by atoms with Crippen LogP contribution in [0.15, 0.2) is 77.7 Å². The van der Waals surface area contributed by atoms with Crippen molar-refractivity contribution in [3.63, 3.8) is 0 Å². The fraction of sp³-hybridized carbons (Fsp3) is 0.375. The molecular weight excluding hydrogens is 593 g/mol. The molecule has 1 N–H and O–H groups in total. The molecule has 1 fully saturated rings. The minimum atomic E-state index is -4.12. The van der Waals surface area contributed by atoms with Gasteiger partial charge in [-0.15, -0.1) is 0 Å². The average molecular weight is 631 g/mol. The van der Waals surface area contributed by atoms with Crippen LogP contribution in [-0.4, -0.2) is 43.8 Å². The summed E-state index contributed by atoms with van der Waals surface area (Å²) in [5.41, 5.74) is 2.00. The number of anilines is 1. The third-order valence-electron chi connectivity index (χ3n) is 7.69. The lowest BCUT2D eigenvalue weighted by Gasteiger charge is -2.34. The van der Waals surface area contributed by atoms with Gasteiger partial charge in [-0.05, 0) is 73.2 Å². The molecule has 1 unspecified atom stereocenters. The standard InChI is InChI=1S/C32H37Cl2N3O4S/c1-3-23-14-18-27(19-15-23)37(42(40,41)28-12-6-5-7-13-28)22-31(38)36(21-24-16-17-25(33)20-29(24)34)30(4-2)32(39)35-26-10-8-9-11-26/h5-7,12-20,26,30H,3-4,8-11,21-22H2,1-2H3,(H,35,39). The van der Waals surface area contributed by atoms with Gasteiger partial charge in [0.2, 0.25) is 11.8 Å². The lowest BCUT2D eigenvalue weighted by Crippen LogP contribution is -2.53. The van der Waals surface area contributed by atoms with Crippen LogP contribution in [0, 0.1) is 0 Å². The zero-order valence-corrected chi connectivity index (χ0v) is 26.3. The van der Waals surface area contributed by atoms with E-state index < -0.39 is 28.5 Å². The number of nitrogens with one attached hydrogen (secondary N) is 1. The molecular formula is C32H37Cl2N3O4S. The smallest absolute Gasteiger partial charge is 0.264 e. The van der Waals surface area contributed by atoms with Gasteiger partial charge in [0.15, 0.2) is 0 Å². The van der Waals surface area contributed by atoms with E-state index in [4.69, 9.17) is 23.2 Å².